The Hall–Kier alpha value is -2.01. The van der Waals surface area contributed by atoms with Crippen LogP contribution in [0.1, 0.15) is 25.5 Å². The maximum Gasteiger partial charge on any atom is 0.317 e. The first-order valence-corrected chi connectivity index (χ1v) is 8.83. The first kappa shape index (κ1) is 17.3. The van der Waals surface area contributed by atoms with Gasteiger partial charge >= 0.3 is 6.03 Å². The maximum atomic E-state index is 12.4. The minimum absolute atomic E-state index is 0.00970. The molecule has 0 aliphatic carbocycles. The zero-order valence-corrected chi connectivity index (χ0v) is 14.4. The van der Waals surface area contributed by atoms with Crippen molar-refractivity contribution >= 4 is 17.8 Å². The topological polar surface area (TPSA) is 45.2 Å². The number of amides is 2. The number of nitrogens with one attached hydrogen (secondary N) is 1. The molecule has 0 aliphatic heterocycles. The third-order valence-electron chi connectivity index (χ3n) is 3.63. The Balaban J connectivity index is 1.81. The smallest absolute Gasteiger partial charge is 0.317 e. The first-order chi connectivity index (χ1) is 11.2. The van der Waals surface area contributed by atoms with Crippen LogP contribution in [0.15, 0.2) is 59.8 Å². The van der Waals surface area contributed by atoms with Crippen LogP contribution in [0.5, 0.6) is 0 Å². The van der Waals surface area contributed by atoms with Gasteiger partial charge in [0, 0.05) is 36.1 Å². The number of hydrogen-bond donors (Lipinski definition) is 1. The monoisotopic (exact) mass is 329 g/mol. The molecule has 23 heavy (non-hydrogen) atoms. The molecule has 1 atom stereocenters. The van der Waals surface area contributed by atoms with Crippen LogP contribution in [0.2, 0.25) is 0 Å². The first-order valence-electron chi connectivity index (χ1n) is 7.84. The Morgan fingerprint density at radius 2 is 2.04 bits per heavy atom. The molecule has 1 N–H and O–H groups in total. The van der Waals surface area contributed by atoms with Crippen LogP contribution in [0, 0.1) is 0 Å². The molecular formula is C18H23N3OS. The second kappa shape index (κ2) is 9.20. The van der Waals surface area contributed by atoms with Crippen molar-refractivity contribution in [3.8, 4) is 0 Å². The summed E-state index contributed by atoms with van der Waals surface area (Å²) in [6, 6.07) is 14.1. The van der Waals surface area contributed by atoms with E-state index >= 15 is 0 Å². The molecule has 0 radical (unpaired) electrons. The van der Waals surface area contributed by atoms with E-state index in [1.165, 1.54) is 4.90 Å². The van der Waals surface area contributed by atoms with Crippen molar-refractivity contribution in [2.24, 2.45) is 0 Å². The van der Waals surface area contributed by atoms with Gasteiger partial charge in [-0.15, -0.1) is 11.8 Å². The van der Waals surface area contributed by atoms with Crippen molar-refractivity contribution in [1.29, 1.82) is 0 Å². The van der Waals surface area contributed by atoms with Crippen molar-refractivity contribution in [1.82, 2.24) is 15.2 Å². The molecule has 0 spiro atoms. The van der Waals surface area contributed by atoms with Crippen LogP contribution < -0.4 is 5.32 Å². The lowest BCUT2D eigenvalue weighted by molar-refractivity contribution is 0.183. The Morgan fingerprint density at radius 3 is 2.70 bits per heavy atom. The lowest BCUT2D eigenvalue weighted by Gasteiger charge is -2.28. The van der Waals surface area contributed by atoms with Crippen molar-refractivity contribution in [3.63, 3.8) is 0 Å². The number of hydrogen-bond acceptors (Lipinski definition) is 3. The second-order valence-electron chi connectivity index (χ2n) is 5.14. The molecule has 1 heterocycles. The second-order valence-corrected chi connectivity index (χ2v) is 6.31. The van der Waals surface area contributed by atoms with Gasteiger partial charge in [-0.3, -0.25) is 4.98 Å². The van der Waals surface area contributed by atoms with E-state index in [0.717, 1.165) is 11.3 Å². The van der Waals surface area contributed by atoms with Crippen LogP contribution in [0.4, 0.5) is 4.79 Å². The largest absolute Gasteiger partial charge is 0.337 e. The third-order valence-corrected chi connectivity index (χ3v) is 4.64. The molecule has 4 nitrogen and oxygen atoms in total. The quantitative estimate of drug-likeness (QED) is 0.617. The molecule has 1 aromatic carbocycles. The van der Waals surface area contributed by atoms with Crippen molar-refractivity contribution in [2.45, 2.75) is 24.8 Å². The zero-order chi connectivity index (χ0) is 16.5. The summed E-state index contributed by atoms with van der Waals surface area (Å²) in [5, 5.41) is 3.00. The summed E-state index contributed by atoms with van der Waals surface area (Å²) in [6.07, 6.45) is 3.55. The summed E-state index contributed by atoms with van der Waals surface area (Å²) < 4.78 is 0. The molecule has 2 aromatic rings. The van der Waals surface area contributed by atoms with Gasteiger partial charge in [-0.2, -0.15) is 0 Å². The van der Waals surface area contributed by atoms with E-state index in [-0.39, 0.29) is 12.1 Å². The number of carbonyl (C=O) groups excluding carboxylic acids is 1. The highest BCUT2D eigenvalue weighted by molar-refractivity contribution is 7.99. The van der Waals surface area contributed by atoms with Crippen LogP contribution in [-0.4, -0.2) is 34.8 Å². The van der Waals surface area contributed by atoms with E-state index in [1.807, 2.05) is 55.3 Å². The van der Waals surface area contributed by atoms with E-state index in [4.69, 9.17) is 0 Å². The standard InChI is InChI=1S/C18H23N3OS/c1-3-21(15(2)16-8-7-11-19-14-16)18(22)20-12-13-23-17-9-5-4-6-10-17/h4-11,14-15H,3,12-13H2,1-2H3,(H,20,22)/t15-/m1/s1. The molecule has 0 bridgehead atoms. The molecule has 0 saturated carbocycles. The van der Waals surface area contributed by atoms with E-state index in [9.17, 15) is 4.79 Å². The van der Waals surface area contributed by atoms with Crippen molar-refractivity contribution in [3.05, 3.63) is 60.4 Å². The molecule has 0 aliphatic rings. The summed E-state index contributed by atoms with van der Waals surface area (Å²) in [4.78, 5) is 19.6. The van der Waals surface area contributed by atoms with Crippen LogP contribution in [-0.2, 0) is 0 Å². The van der Waals surface area contributed by atoms with Gasteiger partial charge in [-0.05, 0) is 37.6 Å². The number of rotatable bonds is 7. The summed E-state index contributed by atoms with van der Waals surface area (Å²) in [7, 11) is 0. The Morgan fingerprint density at radius 1 is 1.26 bits per heavy atom. The molecule has 2 amide bonds. The zero-order valence-electron chi connectivity index (χ0n) is 13.6. The van der Waals surface area contributed by atoms with Gasteiger partial charge in [-0.1, -0.05) is 24.3 Å². The summed E-state index contributed by atoms with van der Waals surface area (Å²) in [6.45, 7) is 5.33. The average molecular weight is 329 g/mol. The SMILES string of the molecule is CCN(C(=O)NCCSc1ccccc1)[C@H](C)c1cccnc1. The highest BCUT2D eigenvalue weighted by atomic mass is 32.2. The fourth-order valence-corrected chi connectivity index (χ4v) is 3.13. The van der Waals surface area contributed by atoms with Gasteiger partial charge in [0.15, 0.2) is 0 Å². The minimum atomic E-state index is -0.0301. The van der Waals surface area contributed by atoms with Crippen LogP contribution >= 0.6 is 11.8 Å². The molecule has 1 aromatic heterocycles. The molecule has 0 fully saturated rings. The average Bonchev–Trinajstić information content (AvgIpc) is 2.61. The number of carbonyl (C=O) groups is 1. The van der Waals surface area contributed by atoms with Crippen LogP contribution in [0.3, 0.4) is 0 Å². The predicted octanol–water partition coefficient (Wildman–Crippen LogP) is 3.97. The molecular weight excluding hydrogens is 306 g/mol. The molecule has 122 valence electrons. The number of urea groups is 1. The van der Waals surface area contributed by atoms with Crippen LogP contribution in [0.25, 0.3) is 0 Å². The summed E-state index contributed by atoms with van der Waals surface area (Å²) >= 11 is 1.74. The van der Waals surface area contributed by atoms with E-state index in [1.54, 1.807) is 18.0 Å². The molecule has 0 unspecified atom stereocenters. The number of pyridine rings is 1. The van der Waals surface area contributed by atoms with Crippen molar-refractivity contribution in [2.75, 3.05) is 18.8 Å². The van der Waals surface area contributed by atoms with Gasteiger partial charge in [0.1, 0.15) is 0 Å². The predicted molar refractivity (Wildman–Crippen MR) is 95.6 cm³/mol. The van der Waals surface area contributed by atoms with E-state index < -0.39 is 0 Å². The minimum Gasteiger partial charge on any atom is -0.337 e. The van der Waals surface area contributed by atoms with E-state index in [2.05, 4.69) is 22.4 Å². The number of nitrogens with zero attached hydrogens (tertiary/aromatic N) is 2. The lowest BCUT2D eigenvalue weighted by atomic mass is 10.1. The highest BCUT2D eigenvalue weighted by Gasteiger charge is 2.19. The number of benzene rings is 1. The molecule has 0 saturated heterocycles. The van der Waals surface area contributed by atoms with E-state index in [0.29, 0.717) is 13.1 Å². The number of thioether (sulfide) groups is 1. The Kier molecular flexibility index (Phi) is 6.94. The molecule has 2 rings (SSSR count). The molecule has 5 heteroatoms. The third kappa shape index (κ3) is 5.28. The maximum absolute atomic E-state index is 12.4. The Labute approximate surface area is 142 Å². The Bertz CT molecular complexity index is 592. The summed E-state index contributed by atoms with van der Waals surface area (Å²) in [5.41, 5.74) is 1.04. The normalized spacial score (nSPS) is 11.7. The fraction of sp³-hybridized carbons (Fsp3) is 0.333. The highest BCUT2D eigenvalue weighted by Crippen LogP contribution is 2.19. The van der Waals surface area contributed by atoms with Gasteiger partial charge in [0.25, 0.3) is 0 Å². The summed E-state index contributed by atoms with van der Waals surface area (Å²) in [5.74, 6) is 0.856. The van der Waals surface area contributed by atoms with Gasteiger partial charge in [0.05, 0.1) is 6.04 Å². The lowest BCUT2D eigenvalue weighted by Crippen LogP contribution is -2.42. The van der Waals surface area contributed by atoms with Gasteiger partial charge in [-0.25, -0.2) is 4.79 Å². The number of aromatic nitrogens is 1. The van der Waals surface area contributed by atoms with Gasteiger partial charge in [0.2, 0.25) is 0 Å². The fourth-order valence-electron chi connectivity index (χ4n) is 2.34. The van der Waals surface area contributed by atoms with Crippen molar-refractivity contribution < 1.29 is 4.79 Å². The van der Waals surface area contributed by atoms with Gasteiger partial charge < -0.3 is 10.2 Å².